The molecule has 2 atom stereocenters. The van der Waals surface area contributed by atoms with Gasteiger partial charge < -0.3 is 20.2 Å². The van der Waals surface area contributed by atoms with Gasteiger partial charge in [-0.05, 0) is 24.5 Å². The first-order valence-electron chi connectivity index (χ1n) is 8.54. The summed E-state index contributed by atoms with van der Waals surface area (Å²) in [5.41, 5.74) is 0.543. The number of rotatable bonds is 9. The minimum Gasteiger partial charge on any atom is -0.480 e. The number of carboxylic acids is 1. The van der Waals surface area contributed by atoms with Crippen molar-refractivity contribution < 1.29 is 29.0 Å². The fourth-order valence-corrected chi connectivity index (χ4v) is 2.90. The van der Waals surface area contributed by atoms with Crippen LogP contribution in [-0.4, -0.2) is 45.1 Å². The normalized spacial score (nSPS) is 13.4. The van der Waals surface area contributed by atoms with Gasteiger partial charge in [0.2, 0.25) is 5.91 Å². The van der Waals surface area contributed by atoms with Gasteiger partial charge in [-0.2, -0.15) is 0 Å². The maximum Gasteiger partial charge on any atom is 0.339 e. The molecule has 8 nitrogen and oxygen atoms in total. The molecule has 154 valence electrons. The Labute approximate surface area is 168 Å². The summed E-state index contributed by atoms with van der Waals surface area (Å²) in [5, 5.41) is 14.5. The summed E-state index contributed by atoms with van der Waals surface area (Å²) < 4.78 is 11.1. The van der Waals surface area contributed by atoms with Crippen molar-refractivity contribution in [3.8, 4) is 11.8 Å². The maximum absolute atomic E-state index is 12.5. The lowest BCUT2D eigenvalue weighted by atomic mass is 10.0. The molecule has 0 aromatic heterocycles. The van der Waals surface area contributed by atoms with Crippen molar-refractivity contribution in [2.75, 3.05) is 6.29 Å². The fourth-order valence-electron chi connectivity index (χ4n) is 2.26. The predicted molar refractivity (Wildman–Crippen MR) is 106 cm³/mol. The van der Waals surface area contributed by atoms with Crippen LogP contribution in [0.4, 0.5) is 0 Å². The molecule has 1 aromatic carbocycles. The second-order valence-electron chi connectivity index (χ2n) is 6.59. The van der Waals surface area contributed by atoms with Crippen LogP contribution in [0.3, 0.4) is 0 Å². The van der Waals surface area contributed by atoms with Crippen molar-refractivity contribution in [2.24, 2.45) is 5.92 Å². The smallest absolute Gasteiger partial charge is 0.339 e. The Bertz CT molecular complexity index is 799. The van der Waals surface area contributed by atoms with Crippen LogP contribution < -0.4 is 10.6 Å². The van der Waals surface area contributed by atoms with Crippen molar-refractivity contribution in [1.29, 1.82) is 0 Å². The SMILES string of the molecule is CC(C)C[C@H](NC(=O)[C@H](CC#Cc1ccccc1Cl)NCP(=O)(O)O)C(=O)O. The average molecular weight is 431 g/mol. The molecule has 1 rings (SSSR count). The molecule has 0 spiro atoms. The molecule has 1 amide bonds. The fraction of sp³-hybridized carbons (Fsp3) is 0.444. The number of benzene rings is 1. The van der Waals surface area contributed by atoms with Gasteiger partial charge in [-0.15, -0.1) is 0 Å². The van der Waals surface area contributed by atoms with Gasteiger partial charge in [0.15, 0.2) is 0 Å². The van der Waals surface area contributed by atoms with Gasteiger partial charge in [0.05, 0.1) is 17.4 Å². The zero-order chi connectivity index (χ0) is 21.3. The quantitative estimate of drug-likeness (QED) is 0.297. The van der Waals surface area contributed by atoms with Gasteiger partial charge in [-0.1, -0.05) is 49.4 Å². The molecule has 10 heteroatoms. The summed E-state index contributed by atoms with van der Waals surface area (Å²) >= 11 is 6.01. The average Bonchev–Trinajstić information content (AvgIpc) is 2.57. The Morgan fingerprint density at radius 3 is 2.39 bits per heavy atom. The molecule has 0 radical (unpaired) electrons. The molecule has 0 heterocycles. The Kier molecular flexibility index (Phi) is 9.66. The lowest BCUT2D eigenvalue weighted by Gasteiger charge is -2.21. The summed E-state index contributed by atoms with van der Waals surface area (Å²) in [6.45, 7) is 3.64. The highest BCUT2D eigenvalue weighted by Gasteiger charge is 2.27. The second-order valence-corrected chi connectivity index (χ2v) is 8.65. The van der Waals surface area contributed by atoms with E-state index in [4.69, 9.17) is 21.4 Å². The third-order valence-corrected chi connectivity index (χ3v) is 4.51. The van der Waals surface area contributed by atoms with Crippen molar-refractivity contribution in [3.63, 3.8) is 0 Å². The number of aliphatic carboxylic acids is 1. The summed E-state index contributed by atoms with van der Waals surface area (Å²) in [5.74, 6) is 3.69. The van der Waals surface area contributed by atoms with Crippen LogP contribution in [0.15, 0.2) is 24.3 Å². The van der Waals surface area contributed by atoms with E-state index in [1.165, 1.54) is 0 Å². The summed E-state index contributed by atoms with van der Waals surface area (Å²) in [6.07, 6.45) is -0.608. The number of hydrogen-bond donors (Lipinski definition) is 5. The Morgan fingerprint density at radius 1 is 1.21 bits per heavy atom. The summed E-state index contributed by atoms with van der Waals surface area (Å²) in [4.78, 5) is 41.9. The highest BCUT2D eigenvalue weighted by molar-refractivity contribution is 7.51. The summed E-state index contributed by atoms with van der Waals surface area (Å²) in [7, 11) is -4.41. The zero-order valence-corrected chi connectivity index (χ0v) is 17.2. The number of carbonyl (C=O) groups is 2. The number of carboxylic acid groups (broad SMARTS) is 1. The van der Waals surface area contributed by atoms with E-state index >= 15 is 0 Å². The Balaban J connectivity index is 2.92. The molecule has 1 aromatic rings. The van der Waals surface area contributed by atoms with E-state index in [-0.39, 0.29) is 18.8 Å². The van der Waals surface area contributed by atoms with Gasteiger partial charge >= 0.3 is 13.6 Å². The molecule has 0 bridgehead atoms. The lowest BCUT2D eigenvalue weighted by molar-refractivity contribution is -0.142. The number of nitrogens with one attached hydrogen (secondary N) is 2. The van der Waals surface area contributed by atoms with Gasteiger partial charge in [0.25, 0.3) is 0 Å². The number of carbonyl (C=O) groups excluding carboxylic acids is 1. The zero-order valence-electron chi connectivity index (χ0n) is 15.6. The van der Waals surface area contributed by atoms with Crippen molar-refractivity contribution in [3.05, 3.63) is 34.9 Å². The van der Waals surface area contributed by atoms with Crippen LogP contribution >= 0.6 is 19.2 Å². The molecule has 0 saturated heterocycles. The Hall–Kier alpha value is -1.88. The predicted octanol–water partition coefficient (Wildman–Crippen LogP) is 1.79. The maximum atomic E-state index is 12.5. The second kappa shape index (κ2) is 11.2. The lowest BCUT2D eigenvalue weighted by Crippen LogP contribution is -2.50. The molecular formula is C18H24ClN2O6P. The topological polar surface area (TPSA) is 136 Å². The van der Waals surface area contributed by atoms with E-state index in [9.17, 15) is 19.3 Å². The van der Waals surface area contributed by atoms with Crippen LogP contribution in [0, 0.1) is 17.8 Å². The molecule has 0 saturated carbocycles. The highest BCUT2D eigenvalue weighted by Crippen LogP contribution is 2.32. The minimum absolute atomic E-state index is 0.0305. The van der Waals surface area contributed by atoms with E-state index in [1.54, 1.807) is 24.3 Å². The molecule has 28 heavy (non-hydrogen) atoms. The third kappa shape index (κ3) is 9.36. The molecule has 0 unspecified atom stereocenters. The first-order chi connectivity index (χ1) is 13.0. The largest absolute Gasteiger partial charge is 0.480 e. The van der Waals surface area contributed by atoms with Crippen molar-refractivity contribution >= 4 is 31.1 Å². The highest BCUT2D eigenvalue weighted by atomic mass is 35.5. The number of halogens is 1. The van der Waals surface area contributed by atoms with Gasteiger partial charge in [-0.3, -0.25) is 14.7 Å². The van der Waals surface area contributed by atoms with Crippen LogP contribution in [0.25, 0.3) is 0 Å². The van der Waals surface area contributed by atoms with Crippen LogP contribution in [0.2, 0.25) is 5.02 Å². The molecule has 0 aliphatic carbocycles. The van der Waals surface area contributed by atoms with E-state index in [0.29, 0.717) is 10.6 Å². The minimum atomic E-state index is -4.41. The molecule has 0 aliphatic rings. The van der Waals surface area contributed by atoms with E-state index in [0.717, 1.165) is 0 Å². The Morgan fingerprint density at radius 2 is 1.86 bits per heavy atom. The number of hydrogen-bond acceptors (Lipinski definition) is 4. The molecular weight excluding hydrogens is 407 g/mol. The van der Waals surface area contributed by atoms with Crippen LogP contribution in [0.5, 0.6) is 0 Å². The van der Waals surface area contributed by atoms with Crippen molar-refractivity contribution in [1.82, 2.24) is 10.6 Å². The van der Waals surface area contributed by atoms with Crippen molar-refractivity contribution in [2.45, 2.75) is 38.8 Å². The van der Waals surface area contributed by atoms with Gasteiger partial charge in [0.1, 0.15) is 6.04 Å². The standard InChI is InChI=1S/C18H24ClN2O6P/c1-12(2)10-16(18(23)24)21-17(22)15(20-11-28(25,26)27)9-5-7-13-6-3-4-8-14(13)19/h3-4,6,8,12,15-16,20H,9-11H2,1-2H3,(H,21,22)(H,23,24)(H2,25,26,27)/t15-,16-/m0/s1. The van der Waals surface area contributed by atoms with Gasteiger partial charge in [0, 0.05) is 12.0 Å². The van der Waals surface area contributed by atoms with E-state index in [2.05, 4.69) is 22.5 Å². The van der Waals surface area contributed by atoms with E-state index in [1.807, 2.05) is 13.8 Å². The molecule has 5 N–H and O–H groups in total. The molecule has 0 aliphatic heterocycles. The first-order valence-corrected chi connectivity index (χ1v) is 10.7. The van der Waals surface area contributed by atoms with Crippen LogP contribution in [-0.2, 0) is 14.2 Å². The van der Waals surface area contributed by atoms with Gasteiger partial charge in [-0.25, -0.2) is 4.79 Å². The van der Waals surface area contributed by atoms with Crippen LogP contribution in [0.1, 0.15) is 32.3 Å². The monoisotopic (exact) mass is 430 g/mol. The van der Waals surface area contributed by atoms with E-state index < -0.39 is 37.8 Å². The molecule has 0 fully saturated rings. The summed E-state index contributed by atoms with van der Waals surface area (Å²) in [6, 6.07) is 4.63. The third-order valence-electron chi connectivity index (χ3n) is 3.58. The first kappa shape index (κ1) is 24.2. The number of amides is 1.